The zero-order valence-corrected chi connectivity index (χ0v) is 14.4. The first-order chi connectivity index (χ1) is 10.1. The highest BCUT2D eigenvalue weighted by Crippen LogP contribution is 2.44. The fourth-order valence-electron chi connectivity index (χ4n) is 3.76. The zero-order chi connectivity index (χ0) is 14.9. The Bertz CT molecular complexity index is 508. The second-order valence-electron chi connectivity index (χ2n) is 6.47. The van der Waals surface area contributed by atoms with Crippen molar-refractivity contribution in [2.75, 3.05) is 19.6 Å². The molecule has 4 heteroatoms. The van der Waals surface area contributed by atoms with Crippen LogP contribution in [0.2, 0.25) is 0 Å². The van der Waals surface area contributed by atoms with E-state index in [4.69, 9.17) is 10.5 Å². The molecule has 2 N–H and O–H groups in total. The van der Waals surface area contributed by atoms with Gasteiger partial charge in [-0.25, -0.2) is 0 Å². The Morgan fingerprint density at radius 1 is 1.38 bits per heavy atom. The smallest absolute Gasteiger partial charge is 0.124 e. The van der Waals surface area contributed by atoms with Gasteiger partial charge in [0.05, 0.1) is 0 Å². The standard InChI is InChI=1S/C17H25BrN2O/c1-2-8-20-9-3-6-17(7-10-20)12-15(19)14-11-13(18)4-5-16(14)21-17/h4-5,11,15H,2-3,6-10,12,19H2,1H3/t15-,17?/m1/s1. The van der Waals surface area contributed by atoms with Gasteiger partial charge < -0.3 is 15.4 Å². The van der Waals surface area contributed by atoms with Gasteiger partial charge >= 0.3 is 0 Å². The van der Waals surface area contributed by atoms with E-state index in [1.54, 1.807) is 0 Å². The van der Waals surface area contributed by atoms with E-state index in [0.29, 0.717) is 0 Å². The molecule has 0 aromatic heterocycles. The molecule has 3 nitrogen and oxygen atoms in total. The molecule has 2 aliphatic rings. The maximum atomic E-state index is 6.46. The predicted molar refractivity (Wildman–Crippen MR) is 89.6 cm³/mol. The number of halogens is 1. The number of likely N-dealkylation sites (tertiary alicyclic amines) is 1. The number of nitrogens with zero attached hydrogens (tertiary/aromatic N) is 1. The molecule has 2 atom stereocenters. The lowest BCUT2D eigenvalue weighted by atomic mass is 9.82. The number of rotatable bonds is 2. The molecule has 1 fully saturated rings. The van der Waals surface area contributed by atoms with Crippen LogP contribution in [0.15, 0.2) is 22.7 Å². The molecule has 116 valence electrons. The summed E-state index contributed by atoms with van der Waals surface area (Å²) in [5.41, 5.74) is 7.54. The van der Waals surface area contributed by atoms with E-state index in [0.717, 1.165) is 41.6 Å². The first-order valence-electron chi connectivity index (χ1n) is 8.08. The summed E-state index contributed by atoms with van der Waals surface area (Å²) >= 11 is 3.53. The molecule has 0 aliphatic carbocycles. The minimum Gasteiger partial charge on any atom is -0.487 e. The highest BCUT2D eigenvalue weighted by Gasteiger charge is 2.40. The quantitative estimate of drug-likeness (QED) is 0.877. The van der Waals surface area contributed by atoms with E-state index >= 15 is 0 Å². The molecular formula is C17H25BrN2O. The van der Waals surface area contributed by atoms with Crippen molar-refractivity contribution in [3.05, 3.63) is 28.2 Å². The van der Waals surface area contributed by atoms with Gasteiger partial charge in [0.25, 0.3) is 0 Å². The van der Waals surface area contributed by atoms with Crippen LogP contribution in [0.25, 0.3) is 0 Å². The zero-order valence-electron chi connectivity index (χ0n) is 12.8. The van der Waals surface area contributed by atoms with E-state index in [1.807, 2.05) is 6.07 Å². The van der Waals surface area contributed by atoms with Crippen LogP contribution in [0.4, 0.5) is 0 Å². The lowest BCUT2D eigenvalue weighted by molar-refractivity contribution is 0.0218. The Morgan fingerprint density at radius 2 is 2.24 bits per heavy atom. The third-order valence-corrected chi connectivity index (χ3v) is 5.31. The highest BCUT2D eigenvalue weighted by molar-refractivity contribution is 9.10. The maximum absolute atomic E-state index is 6.46. The highest BCUT2D eigenvalue weighted by atomic mass is 79.9. The number of hydrogen-bond acceptors (Lipinski definition) is 3. The number of ether oxygens (including phenoxy) is 1. The number of benzene rings is 1. The molecule has 0 bridgehead atoms. The average Bonchev–Trinajstić information content (AvgIpc) is 2.64. The Morgan fingerprint density at radius 3 is 3.05 bits per heavy atom. The van der Waals surface area contributed by atoms with Gasteiger partial charge in [0.2, 0.25) is 0 Å². The molecule has 0 amide bonds. The molecule has 1 aromatic rings. The number of nitrogens with two attached hydrogens (primary N) is 1. The number of fused-ring (bicyclic) bond motifs is 1. The largest absolute Gasteiger partial charge is 0.487 e. The maximum Gasteiger partial charge on any atom is 0.124 e. The summed E-state index contributed by atoms with van der Waals surface area (Å²) in [6.07, 6.45) is 5.59. The topological polar surface area (TPSA) is 38.5 Å². The van der Waals surface area contributed by atoms with Crippen LogP contribution in [0.1, 0.15) is 50.6 Å². The summed E-state index contributed by atoms with van der Waals surface area (Å²) < 4.78 is 7.54. The molecule has 21 heavy (non-hydrogen) atoms. The second-order valence-corrected chi connectivity index (χ2v) is 7.39. The summed E-state index contributed by atoms with van der Waals surface area (Å²) in [7, 11) is 0. The fraction of sp³-hybridized carbons (Fsp3) is 0.647. The first-order valence-corrected chi connectivity index (χ1v) is 8.87. The molecule has 0 saturated carbocycles. The van der Waals surface area contributed by atoms with Gasteiger partial charge in [-0.3, -0.25) is 0 Å². The van der Waals surface area contributed by atoms with E-state index < -0.39 is 0 Å². The number of hydrogen-bond donors (Lipinski definition) is 1. The SMILES string of the molecule is CCCN1CCCC2(CC1)C[C@@H](N)c1cc(Br)ccc1O2. The summed E-state index contributed by atoms with van der Waals surface area (Å²) in [5, 5.41) is 0. The molecule has 3 rings (SSSR count). The molecule has 1 saturated heterocycles. The molecule has 0 radical (unpaired) electrons. The molecule has 1 unspecified atom stereocenters. The van der Waals surface area contributed by atoms with Gasteiger partial charge in [-0.2, -0.15) is 0 Å². The van der Waals surface area contributed by atoms with Crippen LogP contribution in [0.3, 0.4) is 0 Å². The Balaban J connectivity index is 1.79. The molecule has 1 spiro atoms. The van der Waals surface area contributed by atoms with Crippen LogP contribution in [-0.2, 0) is 0 Å². The fourth-order valence-corrected chi connectivity index (χ4v) is 4.14. The van der Waals surface area contributed by atoms with Crippen molar-refractivity contribution in [1.29, 1.82) is 0 Å². The van der Waals surface area contributed by atoms with Crippen LogP contribution < -0.4 is 10.5 Å². The Kier molecular flexibility index (Phi) is 4.57. The van der Waals surface area contributed by atoms with Crippen molar-refractivity contribution >= 4 is 15.9 Å². The van der Waals surface area contributed by atoms with Crippen LogP contribution in [0, 0.1) is 0 Å². The monoisotopic (exact) mass is 352 g/mol. The minimum absolute atomic E-state index is 0.0528. The van der Waals surface area contributed by atoms with Gasteiger partial charge in [-0.1, -0.05) is 22.9 Å². The summed E-state index contributed by atoms with van der Waals surface area (Å²) in [6.45, 7) is 5.78. The predicted octanol–water partition coefficient (Wildman–Crippen LogP) is 3.87. The molecule has 2 aliphatic heterocycles. The van der Waals surface area contributed by atoms with Gasteiger partial charge in [-0.05, 0) is 57.0 Å². The lowest BCUT2D eigenvalue weighted by Crippen LogP contribution is -2.43. The average molecular weight is 353 g/mol. The Labute approximate surface area is 136 Å². The lowest BCUT2D eigenvalue weighted by Gasteiger charge is -2.41. The third kappa shape index (κ3) is 3.27. The van der Waals surface area contributed by atoms with Gasteiger partial charge in [0.1, 0.15) is 11.4 Å². The van der Waals surface area contributed by atoms with Gasteiger partial charge in [0.15, 0.2) is 0 Å². The Hall–Kier alpha value is -0.580. The summed E-state index contributed by atoms with van der Waals surface area (Å²) in [4.78, 5) is 2.57. The van der Waals surface area contributed by atoms with Crippen molar-refractivity contribution in [2.24, 2.45) is 5.73 Å². The van der Waals surface area contributed by atoms with E-state index in [9.17, 15) is 0 Å². The van der Waals surface area contributed by atoms with Gasteiger partial charge in [-0.15, -0.1) is 0 Å². The molecular weight excluding hydrogens is 328 g/mol. The van der Waals surface area contributed by atoms with Crippen LogP contribution >= 0.6 is 15.9 Å². The van der Waals surface area contributed by atoms with Crippen molar-refractivity contribution in [2.45, 2.75) is 50.7 Å². The van der Waals surface area contributed by atoms with Crippen molar-refractivity contribution < 1.29 is 4.74 Å². The molecule has 1 aromatic carbocycles. The summed E-state index contributed by atoms with van der Waals surface area (Å²) in [6, 6.07) is 6.30. The summed E-state index contributed by atoms with van der Waals surface area (Å²) in [5.74, 6) is 0.987. The van der Waals surface area contributed by atoms with Crippen molar-refractivity contribution in [3.8, 4) is 5.75 Å². The van der Waals surface area contributed by atoms with Crippen molar-refractivity contribution in [1.82, 2.24) is 4.90 Å². The third-order valence-electron chi connectivity index (χ3n) is 4.82. The van der Waals surface area contributed by atoms with Crippen molar-refractivity contribution in [3.63, 3.8) is 0 Å². The van der Waals surface area contributed by atoms with E-state index in [-0.39, 0.29) is 11.6 Å². The minimum atomic E-state index is -0.0528. The normalized spacial score (nSPS) is 29.8. The van der Waals surface area contributed by atoms with Gasteiger partial charge in [0, 0.05) is 29.0 Å². The van der Waals surface area contributed by atoms with Crippen LogP contribution in [0.5, 0.6) is 5.75 Å². The van der Waals surface area contributed by atoms with E-state index in [2.05, 4.69) is 39.9 Å². The molecule has 2 heterocycles. The first kappa shape index (κ1) is 15.3. The second kappa shape index (κ2) is 6.27. The van der Waals surface area contributed by atoms with Crippen LogP contribution in [-0.4, -0.2) is 30.1 Å². The van der Waals surface area contributed by atoms with E-state index in [1.165, 1.54) is 25.9 Å².